The van der Waals surface area contributed by atoms with Gasteiger partial charge in [0.2, 0.25) is 5.91 Å². The van der Waals surface area contributed by atoms with E-state index >= 15 is 0 Å². The normalized spacial score (nSPS) is 10.8. The monoisotopic (exact) mass is 279 g/mol. The second kappa shape index (κ2) is 9.47. The minimum Gasteiger partial charge on any atom is -0.380 e. The predicted molar refractivity (Wildman–Crippen MR) is 81.6 cm³/mol. The van der Waals surface area contributed by atoms with E-state index in [2.05, 4.69) is 10.2 Å². The van der Waals surface area contributed by atoms with E-state index in [4.69, 9.17) is 10.5 Å². The fraction of sp³-hybridized carbons (Fsp3) is 0.533. The number of carbonyl (C=O) groups excluding carboxylic acids is 1. The molecule has 0 unspecified atom stereocenters. The first-order valence-corrected chi connectivity index (χ1v) is 7.01. The summed E-state index contributed by atoms with van der Waals surface area (Å²) in [5.41, 5.74) is 7.40. The van der Waals surface area contributed by atoms with Crippen LogP contribution in [0.4, 0.5) is 5.69 Å². The summed E-state index contributed by atoms with van der Waals surface area (Å²) in [4.78, 5) is 14.0. The molecular weight excluding hydrogens is 254 g/mol. The number of nitrogens with one attached hydrogen (secondary N) is 1. The highest BCUT2D eigenvalue weighted by molar-refractivity contribution is 5.91. The van der Waals surface area contributed by atoms with Gasteiger partial charge in [0.15, 0.2) is 0 Å². The van der Waals surface area contributed by atoms with E-state index in [1.165, 1.54) is 0 Å². The van der Waals surface area contributed by atoms with Gasteiger partial charge in [0.05, 0.1) is 6.61 Å². The van der Waals surface area contributed by atoms with Crippen LogP contribution in [0.5, 0.6) is 0 Å². The molecule has 20 heavy (non-hydrogen) atoms. The van der Waals surface area contributed by atoms with Gasteiger partial charge >= 0.3 is 0 Å². The number of rotatable bonds is 9. The maximum absolute atomic E-state index is 11.9. The van der Waals surface area contributed by atoms with Gasteiger partial charge in [0.25, 0.3) is 0 Å². The van der Waals surface area contributed by atoms with Crippen LogP contribution in [0.25, 0.3) is 0 Å². The van der Waals surface area contributed by atoms with E-state index in [9.17, 15) is 4.79 Å². The molecule has 0 atom stereocenters. The van der Waals surface area contributed by atoms with E-state index < -0.39 is 0 Å². The molecule has 0 saturated carbocycles. The summed E-state index contributed by atoms with van der Waals surface area (Å²) in [6, 6.07) is 7.60. The fourth-order valence-corrected chi connectivity index (χ4v) is 1.80. The Hall–Kier alpha value is -1.43. The van der Waals surface area contributed by atoms with Crippen molar-refractivity contribution in [1.82, 2.24) is 4.90 Å². The molecule has 0 aromatic heterocycles. The molecule has 5 nitrogen and oxygen atoms in total. The number of hydrogen-bond acceptors (Lipinski definition) is 4. The Morgan fingerprint density at radius 2 is 2.10 bits per heavy atom. The van der Waals surface area contributed by atoms with E-state index in [0.29, 0.717) is 26.1 Å². The molecule has 5 heteroatoms. The predicted octanol–water partition coefficient (Wildman–Crippen LogP) is 1.44. The SMILES string of the molecule is CCOCCN(C)CCC(=O)Nc1ccccc1CN. The Morgan fingerprint density at radius 3 is 2.80 bits per heavy atom. The van der Waals surface area contributed by atoms with Gasteiger partial charge in [-0.1, -0.05) is 18.2 Å². The molecule has 0 spiro atoms. The topological polar surface area (TPSA) is 67.6 Å². The minimum absolute atomic E-state index is 0.00848. The van der Waals surface area contributed by atoms with Crippen LogP contribution in [0.3, 0.4) is 0 Å². The summed E-state index contributed by atoms with van der Waals surface area (Å²) < 4.78 is 5.28. The summed E-state index contributed by atoms with van der Waals surface area (Å²) in [6.07, 6.45) is 0.460. The number of nitrogens with zero attached hydrogens (tertiary/aromatic N) is 1. The van der Waals surface area contributed by atoms with Gasteiger partial charge in [-0.15, -0.1) is 0 Å². The van der Waals surface area contributed by atoms with Gasteiger partial charge in [-0.05, 0) is 25.6 Å². The maximum atomic E-state index is 11.9. The third-order valence-electron chi connectivity index (χ3n) is 3.05. The second-order valence-corrected chi connectivity index (χ2v) is 4.66. The zero-order valence-electron chi connectivity index (χ0n) is 12.4. The molecule has 0 radical (unpaired) electrons. The molecule has 0 aliphatic rings. The van der Waals surface area contributed by atoms with Crippen molar-refractivity contribution in [2.45, 2.75) is 19.9 Å². The van der Waals surface area contributed by atoms with E-state index in [1.54, 1.807) is 0 Å². The van der Waals surface area contributed by atoms with Crippen molar-refractivity contribution >= 4 is 11.6 Å². The molecule has 1 aromatic rings. The largest absolute Gasteiger partial charge is 0.380 e. The average molecular weight is 279 g/mol. The van der Waals surface area contributed by atoms with Gasteiger partial charge < -0.3 is 20.7 Å². The lowest BCUT2D eigenvalue weighted by Crippen LogP contribution is -2.27. The van der Waals surface area contributed by atoms with Crippen molar-refractivity contribution < 1.29 is 9.53 Å². The van der Waals surface area contributed by atoms with Crippen molar-refractivity contribution in [3.63, 3.8) is 0 Å². The van der Waals surface area contributed by atoms with Crippen LogP contribution in [0, 0.1) is 0 Å². The third kappa shape index (κ3) is 6.14. The molecule has 1 rings (SSSR count). The number of para-hydroxylation sites is 1. The molecule has 0 heterocycles. The quantitative estimate of drug-likeness (QED) is 0.671. The zero-order chi connectivity index (χ0) is 14.8. The van der Waals surface area contributed by atoms with Gasteiger partial charge in [-0.2, -0.15) is 0 Å². The van der Waals surface area contributed by atoms with E-state index in [0.717, 1.165) is 24.4 Å². The van der Waals surface area contributed by atoms with Crippen molar-refractivity contribution in [3.8, 4) is 0 Å². The molecule has 0 bridgehead atoms. The van der Waals surface area contributed by atoms with E-state index in [1.807, 2.05) is 38.2 Å². The van der Waals surface area contributed by atoms with Crippen LogP contribution in [0.15, 0.2) is 24.3 Å². The summed E-state index contributed by atoms with van der Waals surface area (Å²) >= 11 is 0. The van der Waals surface area contributed by atoms with Crippen molar-refractivity contribution in [1.29, 1.82) is 0 Å². The highest BCUT2D eigenvalue weighted by Crippen LogP contribution is 2.14. The van der Waals surface area contributed by atoms with Crippen molar-refractivity contribution in [2.24, 2.45) is 5.73 Å². The van der Waals surface area contributed by atoms with Gasteiger partial charge in [0.1, 0.15) is 0 Å². The molecule has 0 fully saturated rings. The fourth-order valence-electron chi connectivity index (χ4n) is 1.80. The van der Waals surface area contributed by atoms with Gasteiger partial charge in [-0.3, -0.25) is 4.79 Å². The number of anilines is 1. The zero-order valence-corrected chi connectivity index (χ0v) is 12.4. The lowest BCUT2D eigenvalue weighted by atomic mass is 10.1. The first-order valence-electron chi connectivity index (χ1n) is 7.01. The van der Waals surface area contributed by atoms with Gasteiger partial charge in [0, 0.05) is 38.3 Å². The van der Waals surface area contributed by atoms with Crippen LogP contribution in [0.2, 0.25) is 0 Å². The van der Waals surface area contributed by atoms with Crippen LogP contribution in [-0.2, 0) is 16.1 Å². The summed E-state index contributed by atoms with van der Waals surface area (Å²) in [6.45, 7) is 5.37. The molecule has 3 N–H and O–H groups in total. The number of carbonyl (C=O) groups is 1. The Morgan fingerprint density at radius 1 is 1.35 bits per heavy atom. The van der Waals surface area contributed by atoms with Crippen LogP contribution >= 0.6 is 0 Å². The Kier molecular flexibility index (Phi) is 7.87. The molecule has 112 valence electrons. The Balaban J connectivity index is 2.33. The van der Waals surface area contributed by atoms with Crippen molar-refractivity contribution in [2.75, 3.05) is 38.7 Å². The van der Waals surface area contributed by atoms with Crippen LogP contribution in [0.1, 0.15) is 18.9 Å². The number of nitrogens with two attached hydrogens (primary N) is 1. The summed E-state index contributed by atoms with van der Waals surface area (Å²) in [5, 5.41) is 2.91. The molecule has 0 aliphatic heterocycles. The smallest absolute Gasteiger partial charge is 0.225 e. The lowest BCUT2D eigenvalue weighted by molar-refractivity contribution is -0.116. The standard InChI is InChI=1S/C15H25N3O2/c1-3-20-11-10-18(2)9-8-15(19)17-14-7-5-4-6-13(14)12-16/h4-7H,3,8-12,16H2,1-2H3,(H,17,19). The van der Waals surface area contributed by atoms with E-state index in [-0.39, 0.29) is 5.91 Å². The first kappa shape index (κ1) is 16.6. The lowest BCUT2D eigenvalue weighted by Gasteiger charge is -2.16. The maximum Gasteiger partial charge on any atom is 0.225 e. The molecular formula is C15H25N3O2. The second-order valence-electron chi connectivity index (χ2n) is 4.66. The molecule has 0 aliphatic carbocycles. The Labute approximate surface area is 121 Å². The summed E-state index contributed by atoms with van der Waals surface area (Å²) in [7, 11) is 1.99. The third-order valence-corrected chi connectivity index (χ3v) is 3.05. The highest BCUT2D eigenvalue weighted by Gasteiger charge is 2.07. The number of ether oxygens (including phenoxy) is 1. The molecule has 1 aromatic carbocycles. The number of hydrogen-bond donors (Lipinski definition) is 2. The highest BCUT2D eigenvalue weighted by atomic mass is 16.5. The minimum atomic E-state index is 0.00848. The van der Waals surface area contributed by atoms with Crippen LogP contribution in [-0.4, -0.2) is 44.2 Å². The first-order chi connectivity index (χ1) is 9.67. The summed E-state index contributed by atoms with van der Waals surface area (Å²) in [5.74, 6) is 0.00848. The molecule has 1 amide bonds. The average Bonchev–Trinajstić information content (AvgIpc) is 2.46. The van der Waals surface area contributed by atoms with Gasteiger partial charge in [-0.25, -0.2) is 0 Å². The molecule has 0 saturated heterocycles. The number of amides is 1. The van der Waals surface area contributed by atoms with Crippen molar-refractivity contribution in [3.05, 3.63) is 29.8 Å². The van der Waals surface area contributed by atoms with Crippen LogP contribution < -0.4 is 11.1 Å². The number of benzene rings is 1. The Bertz CT molecular complexity index is 410. The number of likely N-dealkylation sites (N-methyl/N-ethyl adjacent to an activating group) is 1.